The summed E-state index contributed by atoms with van der Waals surface area (Å²) in [5.41, 5.74) is -0.571. The van der Waals surface area contributed by atoms with Crippen LogP contribution in [0.2, 0.25) is 0 Å². The molecule has 2 atom stereocenters. The highest BCUT2D eigenvalue weighted by molar-refractivity contribution is 5.95. The van der Waals surface area contributed by atoms with Crippen molar-refractivity contribution in [1.29, 1.82) is 0 Å². The molecule has 2 rings (SSSR count). The summed E-state index contributed by atoms with van der Waals surface area (Å²) in [7, 11) is 0. The van der Waals surface area contributed by atoms with Gasteiger partial charge in [0.15, 0.2) is 0 Å². The van der Waals surface area contributed by atoms with Crippen molar-refractivity contribution in [1.82, 2.24) is 5.32 Å². The van der Waals surface area contributed by atoms with E-state index in [9.17, 15) is 19.3 Å². The first-order valence-electron chi connectivity index (χ1n) is 5.24. The van der Waals surface area contributed by atoms with Gasteiger partial charge in [0.25, 0.3) is 11.6 Å². The maximum absolute atomic E-state index is 13.4. The first kappa shape index (κ1) is 11.5. The quantitative estimate of drug-likeness (QED) is 0.645. The number of nitrogens with one attached hydrogen (secondary N) is 1. The van der Waals surface area contributed by atoms with Crippen LogP contribution in [0.1, 0.15) is 23.7 Å². The van der Waals surface area contributed by atoms with Gasteiger partial charge < -0.3 is 5.32 Å². The summed E-state index contributed by atoms with van der Waals surface area (Å²) in [6.45, 7) is 1.97. The molecule has 0 saturated heterocycles. The van der Waals surface area contributed by atoms with E-state index in [0.717, 1.165) is 24.6 Å². The van der Waals surface area contributed by atoms with E-state index >= 15 is 0 Å². The van der Waals surface area contributed by atoms with Crippen molar-refractivity contribution in [3.8, 4) is 0 Å². The van der Waals surface area contributed by atoms with Crippen molar-refractivity contribution < 1.29 is 14.1 Å². The van der Waals surface area contributed by atoms with Gasteiger partial charge in [0.1, 0.15) is 5.82 Å². The fourth-order valence-electron chi connectivity index (χ4n) is 1.57. The average Bonchev–Trinajstić information content (AvgIpc) is 2.94. The minimum Gasteiger partial charge on any atom is -0.349 e. The number of carbonyl (C=O) groups excluding carboxylic acids is 1. The van der Waals surface area contributed by atoms with Gasteiger partial charge >= 0.3 is 0 Å². The minimum atomic E-state index is -0.749. The summed E-state index contributed by atoms with van der Waals surface area (Å²) in [6, 6.07) is 2.98. The Bertz CT molecular complexity index is 490. The zero-order valence-corrected chi connectivity index (χ0v) is 9.14. The Balaban J connectivity index is 2.21. The Morgan fingerprint density at radius 3 is 2.76 bits per heavy atom. The Morgan fingerprint density at radius 2 is 2.24 bits per heavy atom. The van der Waals surface area contributed by atoms with Crippen LogP contribution in [0.4, 0.5) is 10.1 Å². The van der Waals surface area contributed by atoms with Gasteiger partial charge in [0, 0.05) is 18.2 Å². The number of halogens is 1. The van der Waals surface area contributed by atoms with E-state index in [1.165, 1.54) is 0 Å². The molecule has 1 fully saturated rings. The molecule has 5 nitrogen and oxygen atoms in total. The zero-order chi connectivity index (χ0) is 12.6. The molecule has 1 aliphatic carbocycles. The lowest BCUT2D eigenvalue weighted by molar-refractivity contribution is -0.384. The normalized spacial score (nSPS) is 22.0. The minimum absolute atomic E-state index is 0.0566. The molecule has 1 N–H and O–H groups in total. The molecule has 0 aliphatic heterocycles. The SMILES string of the molecule is CC1CC1NC(=O)c1cc([N+](=O)[O-])ccc1F. The largest absolute Gasteiger partial charge is 0.349 e. The summed E-state index contributed by atoms with van der Waals surface area (Å²) in [5, 5.41) is 13.2. The van der Waals surface area contributed by atoms with Gasteiger partial charge in [-0.05, 0) is 18.4 Å². The van der Waals surface area contributed by atoms with Crippen LogP contribution >= 0.6 is 0 Å². The van der Waals surface area contributed by atoms with Crippen LogP contribution < -0.4 is 5.32 Å². The smallest absolute Gasteiger partial charge is 0.270 e. The Kier molecular flexibility index (Phi) is 2.79. The van der Waals surface area contributed by atoms with Crippen LogP contribution in [0.5, 0.6) is 0 Å². The van der Waals surface area contributed by atoms with E-state index in [4.69, 9.17) is 0 Å². The molecule has 0 spiro atoms. The Hall–Kier alpha value is -1.98. The van der Waals surface area contributed by atoms with Crippen molar-refractivity contribution in [3.05, 3.63) is 39.7 Å². The van der Waals surface area contributed by atoms with Gasteiger partial charge in [-0.15, -0.1) is 0 Å². The molecular weight excluding hydrogens is 227 g/mol. The average molecular weight is 238 g/mol. The predicted octanol–water partition coefficient (Wildman–Crippen LogP) is 1.87. The molecule has 1 saturated carbocycles. The highest BCUT2D eigenvalue weighted by Crippen LogP contribution is 2.29. The van der Waals surface area contributed by atoms with Gasteiger partial charge in [0.2, 0.25) is 0 Å². The molecule has 0 radical (unpaired) electrons. The summed E-state index contributed by atoms with van der Waals surface area (Å²) < 4.78 is 13.4. The monoisotopic (exact) mass is 238 g/mol. The molecule has 1 aromatic carbocycles. The van der Waals surface area contributed by atoms with Crippen LogP contribution in [0.25, 0.3) is 0 Å². The van der Waals surface area contributed by atoms with Crippen molar-refractivity contribution in [2.24, 2.45) is 5.92 Å². The van der Waals surface area contributed by atoms with E-state index in [0.29, 0.717) is 5.92 Å². The van der Waals surface area contributed by atoms with Gasteiger partial charge in [-0.1, -0.05) is 6.92 Å². The summed E-state index contributed by atoms with van der Waals surface area (Å²) in [4.78, 5) is 21.5. The van der Waals surface area contributed by atoms with Crippen molar-refractivity contribution in [2.45, 2.75) is 19.4 Å². The molecule has 0 bridgehead atoms. The number of hydrogen-bond donors (Lipinski definition) is 1. The maximum atomic E-state index is 13.4. The molecule has 1 aliphatic rings. The van der Waals surface area contributed by atoms with E-state index in [1.54, 1.807) is 0 Å². The summed E-state index contributed by atoms with van der Waals surface area (Å²) in [5.74, 6) is -0.956. The van der Waals surface area contributed by atoms with Crippen LogP contribution in [0.15, 0.2) is 18.2 Å². The lowest BCUT2D eigenvalue weighted by Crippen LogP contribution is -2.27. The number of nitrogens with zero attached hydrogens (tertiary/aromatic N) is 1. The van der Waals surface area contributed by atoms with Crippen molar-refractivity contribution >= 4 is 11.6 Å². The first-order valence-corrected chi connectivity index (χ1v) is 5.24. The molecule has 0 heterocycles. The third kappa shape index (κ3) is 2.41. The second-order valence-electron chi connectivity index (χ2n) is 4.21. The van der Waals surface area contributed by atoms with Gasteiger partial charge in [0.05, 0.1) is 10.5 Å². The summed E-state index contributed by atoms with van der Waals surface area (Å²) in [6.07, 6.45) is 0.863. The first-order chi connectivity index (χ1) is 7.99. The number of hydrogen-bond acceptors (Lipinski definition) is 3. The van der Waals surface area contributed by atoms with Gasteiger partial charge in [-0.3, -0.25) is 14.9 Å². The Labute approximate surface area is 96.8 Å². The predicted molar refractivity (Wildman–Crippen MR) is 58.1 cm³/mol. The highest BCUT2D eigenvalue weighted by Gasteiger charge is 2.34. The third-order valence-corrected chi connectivity index (χ3v) is 2.83. The fraction of sp³-hybridized carbons (Fsp3) is 0.364. The molecule has 0 aromatic heterocycles. The van der Waals surface area contributed by atoms with Crippen LogP contribution in [0.3, 0.4) is 0 Å². The van der Waals surface area contributed by atoms with E-state index in [2.05, 4.69) is 5.32 Å². The molecule has 17 heavy (non-hydrogen) atoms. The van der Waals surface area contributed by atoms with Gasteiger partial charge in [-0.25, -0.2) is 4.39 Å². The fourth-order valence-corrected chi connectivity index (χ4v) is 1.57. The van der Waals surface area contributed by atoms with Crippen LogP contribution in [-0.4, -0.2) is 16.9 Å². The number of non-ortho nitro benzene ring substituents is 1. The van der Waals surface area contributed by atoms with E-state index < -0.39 is 16.6 Å². The number of rotatable bonds is 3. The second-order valence-corrected chi connectivity index (χ2v) is 4.21. The highest BCUT2D eigenvalue weighted by atomic mass is 19.1. The summed E-state index contributed by atoms with van der Waals surface area (Å²) >= 11 is 0. The zero-order valence-electron chi connectivity index (χ0n) is 9.14. The van der Waals surface area contributed by atoms with Crippen molar-refractivity contribution in [2.75, 3.05) is 0 Å². The lowest BCUT2D eigenvalue weighted by atomic mass is 10.1. The maximum Gasteiger partial charge on any atom is 0.270 e. The number of benzene rings is 1. The number of amides is 1. The topological polar surface area (TPSA) is 72.2 Å². The molecule has 90 valence electrons. The molecule has 1 aromatic rings. The van der Waals surface area contributed by atoms with Crippen LogP contribution in [0, 0.1) is 21.8 Å². The number of nitro groups is 1. The third-order valence-electron chi connectivity index (χ3n) is 2.83. The standard InChI is InChI=1S/C11H11FN2O3/c1-6-4-10(6)13-11(15)8-5-7(14(16)17)2-3-9(8)12/h2-3,5-6,10H,4H2,1H3,(H,13,15). The molecular formula is C11H11FN2O3. The number of nitro benzene ring substituents is 1. The Morgan fingerprint density at radius 1 is 1.59 bits per heavy atom. The van der Waals surface area contributed by atoms with E-state index in [-0.39, 0.29) is 17.3 Å². The van der Waals surface area contributed by atoms with E-state index in [1.807, 2.05) is 6.92 Å². The van der Waals surface area contributed by atoms with Gasteiger partial charge in [-0.2, -0.15) is 0 Å². The second kappa shape index (κ2) is 4.12. The molecule has 1 amide bonds. The van der Waals surface area contributed by atoms with Crippen molar-refractivity contribution in [3.63, 3.8) is 0 Å². The molecule has 6 heteroatoms. The molecule has 2 unspecified atom stereocenters. The van der Waals surface area contributed by atoms with Crippen LogP contribution in [-0.2, 0) is 0 Å². The lowest BCUT2D eigenvalue weighted by Gasteiger charge is -2.04. The number of carbonyl (C=O) groups is 1.